The van der Waals surface area contributed by atoms with E-state index in [9.17, 15) is 9.59 Å². The highest BCUT2D eigenvalue weighted by molar-refractivity contribution is 5.97. The molecule has 2 aromatic rings. The SMILES string of the molecule is C[C@@H]1CN(C(=O)c2ccc3c(c2)nnn3C)C[C@H]1C(N)=O. The van der Waals surface area contributed by atoms with Gasteiger partial charge in [0, 0.05) is 25.7 Å². The Balaban J connectivity index is 1.85. The molecule has 0 aliphatic carbocycles. The van der Waals surface area contributed by atoms with Crippen LogP contribution in [0.5, 0.6) is 0 Å². The van der Waals surface area contributed by atoms with Crippen LogP contribution in [0.4, 0.5) is 0 Å². The van der Waals surface area contributed by atoms with Crippen LogP contribution >= 0.6 is 0 Å². The first kappa shape index (κ1) is 13.5. The van der Waals surface area contributed by atoms with Crippen LogP contribution in [-0.4, -0.2) is 44.8 Å². The first-order valence-corrected chi connectivity index (χ1v) is 6.85. The fourth-order valence-electron chi connectivity index (χ4n) is 2.86. The molecule has 0 bridgehead atoms. The van der Waals surface area contributed by atoms with Crippen molar-refractivity contribution in [2.24, 2.45) is 24.6 Å². The van der Waals surface area contributed by atoms with Crippen LogP contribution in [0.15, 0.2) is 18.2 Å². The van der Waals surface area contributed by atoms with Gasteiger partial charge in [-0.1, -0.05) is 12.1 Å². The first-order chi connectivity index (χ1) is 9.97. The van der Waals surface area contributed by atoms with Gasteiger partial charge in [0.15, 0.2) is 0 Å². The average Bonchev–Trinajstić information content (AvgIpc) is 3.01. The second-order valence-electron chi connectivity index (χ2n) is 5.61. The van der Waals surface area contributed by atoms with Crippen molar-refractivity contribution in [1.29, 1.82) is 0 Å². The average molecular weight is 287 g/mol. The lowest BCUT2D eigenvalue weighted by Crippen LogP contribution is -2.31. The number of aromatic nitrogens is 3. The summed E-state index contributed by atoms with van der Waals surface area (Å²) >= 11 is 0. The lowest BCUT2D eigenvalue weighted by Gasteiger charge is -2.15. The lowest BCUT2D eigenvalue weighted by molar-refractivity contribution is -0.122. The number of fused-ring (bicyclic) bond motifs is 1. The predicted molar refractivity (Wildman–Crippen MR) is 76.3 cm³/mol. The van der Waals surface area contributed by atoms with Gasteiger partial charge in [-0.2, -0.15) is 0 Å². The minimum Gasteiger partial charge on any atom is -0.369 e. The molecule has 2 atom stereocenters. The number of nitrogens with two attached hydrogens (primary N) is 1. The zero-order valence-corrected chi connectivity index (χ0v) is 12.0. The number of aryl methyl sites for hydroxylation is 1. The Labute approximate surface area is 121 Å². The van der Waals surface area contributed by atoms with Crippen molar-refractivity contribution >= 4 is 22.8 Å². The standard InChI is InChI=1S/C14H17N5O2/c1-8-6-19(7-10(8)13(15)20)14(21)9-3-4-12-11(5-9)16-17-18(12)2/h3-5,8,10H,6-7H2,1-2H3,(H2,15,20)/t8-,10-/m1/s1. The van der Waals surface area contributed by atoms with E-state index in [4.69, 9.17) is 5.73 Å². The summed E-state index contributed by atoms with van der Waals surface area (Å²) in [4.78, 5) is 25.6. The van der Waals surface area contributed by atoms with E-state index >= 15 is 0 Å². The Bertz CT molecular complexity index is 723. The maximum absolute atomic E-state index is 12.5. The zero-order valence-electron chi connectivity index (χ0n) is 12.0. The van der Waals surface area contributed by atoms with Crippen LogP contribution in [-0.2, 0) is 11.8 Å². The van der Waals surface area contributed by atoms with Crippen molar-refractivity contribution in [3.05, 3.63) is 23.8 Å². The number of hydrogen-bond acceptors (Lipinski definition) is 4. The van der Waals surface area contributed by atoms with Crippen molar-refractivity contribution in [3.8, 4) is 0 Å². The van der Waals surface area contributed by atoms with Gasteiger partial charge in [-0.3, -0.25) is 9.59 Å². The Morgan fingerprint density at radius 1 is 1.33 bits per heavy atom. The number of likely N-dealkylation sites (tertiary alicyclic amines) is 1. The van der Waals surface area contributed by atoms with E-state index < -0.39 is 0 Å². The number of primary amides is 1. The molecule has 1 aliphatic rings. The van der Waals surface area contributed by atoms with Gasteiger partial charge in [0.2, 0.25) is 5.91 Å². The summed E-state index contributed by atoms with van der Waals surface area (Å²) in [5.41, 5.74) is 7.48. The molecular weight excluding hydrogens is 270 g/mol. The molecule has 0 saturated carbocycles. The van der Waals surface area contributed by atoms with Crippen molar-refractivity contribution in [1.82, 2.24) is 19.9 Å². The maximum Gasteiger partial charge on any atom is 0.253 e. The fraction of sp³-hybridized carbons (Fsp3) is 0.429. The number of carbonyl (C=O) groups excluding carboxylic acids is 2. The summed E-state index contributed by atoms with van der Waals surface area (Å²) in [6.07, 6.45) is 0. The number of carbonyl (C=O) groups is 2. The van der Waals surface area contributed by atoms with E-state index in [2.05, 4.69) is 10.3 Å². The van der Waals surface area contributed by atoms with E-state index in [0.717, 1.165) is 5.52 Å². The van der Waals surface area contributed by atoms with Crippen LogP contribution in [0.2, 0.25) is 0 Å². The van der Waals surface area contributed by atoms with E-state index in [1.54, 1.807) is 28.8 Å². The summed E-state index contributed by atoms with van der Waals surface area (Å²) in [6, 6.07) is 5.32. The Hall–Kier alpha value is -2.44. The van der Waals surface area contributed by atoms with E-state index in [0.29, 0.717) is 24.2 Å². The summed E-state index contributed by atoms with van der Waals surface area (Å²) in [5.74, 6) is -0.624. The molecule has 1 aromatic carbocycles. The number of hydrogen-bond donors (Lipinski definition) is 1. The van der Waals surface area contributed by atoms with Crippen LogP contribution < -0.4 is 5.73 Å². The predicted octanol–water partition coefficient (Wildman–Crippen LogP) is 0.162. The molecule has 7 nitrogen and oxygen atoms in total. The molecule has 110 valence electrons. The topological polar surface area (TPSA) is 94.1 Å². The highest BCUT2D eigenvalue weighted by Gasteiger charge is 2.36. The smallest absolute Gasteiger partial charge is 0.253 e. The summed E-state index contributed by atoms with van der Waals surface area (Å²) in [7, 11) is 1.80. The van der Waals surface area contributed by atoms with Crippen LogP contribution in [0.1, 0.15) is 17.3 Å². The lowest BCUT2D eigenvalue weighted by atomic mass is 9.98. The molecule has 0 spiro atoms. The molecule has 1 saturated heterocycles. The number of amides is 2. The van der Waals surface area contributed by atoms with Gasteiger partial charge in [-0.25, -0.2) is 4.68 Å². The van der Waals surface area contributed by atoms with Crippen LogP contribution in [0, 0.1) is 11.8 Å². The minimum absolute atomic E-state index is 0.0895. The maximum atomic E-state index is 12.5. The van der Waals surface area contributed by atoms with Gasteiger partial charge < -0.3 is 10.6 Å². The number of rotatable bonds is 2. The zero-order chi connectivity index (χ0) is 15.1. The molecule has 1 aliphatic heterocycles. The molecule has 1 fully saturated rings. The van der Waals surface area contributed by atoms with Crippen molar-refractivity contribution < 1.29 is 9.59 Å². The van der Waals surface area contributed by atoms with Gasteiger partial charge in [-0.05, 0) is 24.1 Å². The molecule has 0 radical (unpaired) electrons. The van der Waals surface area contributed by atoms with Gasteiger partial charge in [-0.15, -0.1) is 5.10 Å². The van der Waals surface area contributed by atoms with Crippen LogP contribution in [0.25, 0.3) is 11.0 Å². The van der Waals surface area contributed by atoms with Gasteiger partial charge in [0.05, 0.1) is 11.4 Å². The molecule has 3 rings (SSSR count). The molecule has 2 amide bonds. The summed E-state index contributed by atoms with van der Waals surface area (Å²) in [5, 5.41) is 7.94. The van der Waals surface area contributed by atoms with Crippen LogP contribution in [0.3, 0.4) is 0 Å². The van der Waals surface area contributed by atoms with Gasteiger partial charge >= 0.3 is 0 Å². The normalized spacial score (nSPS) is 21.9. The van der Waals surface area contributed by atoms with E-state index in [1.807, 2.05) is 13.0 Å². The Morgan fingerprint density at radius 3 is 2.76 bits per heavy atom. The fourth-order valence-corrected chi connectivity index (χ4v) is 2.86. The second kappa shape index (κ2) is 4.83. The summed E-state index contributed by atoms with van der Waals surface area (Å²) in [6.45, 7) is 2.87. The molecule has 1 aromatic heterocycles. The molecule has 21 heavy (non-hydrogen) atoms. The molecular formula is C14H17N5O2. The number of benzene rings is 1. The minimum atomic E-state index is -0.345. The second-order valence-corrected chi connectivity index (χ2v) is 5.61. The largest absolute Gasteiger partial charge is 0.369 e. The Kier molecular flexibility index (Phi) is 3.12. The molecule has 7 heteroatoms. The first-order valence-electron chi connectivity index (χ1n) is 6.85. The molecule has 2 heterocycles. The third kappa shape index (κ3) is 2.24. The quantitative estimate of drug-likeness (QED) is 0.851. The third-order valence-electron chi connectivity index (χ3n) is 4.12. The molecule has 2 N–H and O–H groups in total. The Morgan fingerprint density at radius 2 is 2.10 bits per heavy atom. The van der Waals surface area contributed by atoms with Crippen molar-refractivity contribution in [2.75, 3.05) is 13.1 Å². The monoisotopic (exact) mass is 287 g/mol. The van der Waals surface area contributed by atoms with Gasteiger partial charge in [0.1, 0.15) is 5.52 Å². The highest BCUT2D eigenvalue weighted by atomic mass is 16.2. The third-order valence-corrected chi connectivity index (χ3v) is 4.12. The van der Waals surface area contributed by atoms with E-state index in [1.165, 1.54) is 0 Å². The number of nitrogens with zero attached hydrogens (tertiary/aromatic N) is 4. The molecule has 0 unspecified atom stereocenters. The van der Waals surface area contributed by atoms with Gasteiger partial charge in [0.25, 0.3) is 5.91 Å². The summed E-state index contributed by atoms with van der Waals surface area (Å²) < 4.78 is 1.66. The van der Waals surface area contributed by atoms with Crippen molar-refractivity contribution in [2.45, 2.75) is 6.92 Å². The van der Waals surface area contributed by atoms with E-state index in [-0.39, 0.29) is 23.7 Å². The highest BCUT2D eigenvalue weighted by Crippen LogP contribution is 2.24. The van der Waals surface area contributed by atoms with Crippen molar-refractivity contribution in [3.63, 3.8) is 0 Å².